The number of fused-ring (bicyclic) bond motifs is 1. The van der Waals surface area contributed by atoms with Gasteiger partial charge in [-0.3, -0.25) is 0 Å². The van der Waals surface area contributed by atoms with Gasteiger partial charge >= 0.3 is 0 Å². The Kier molecular flexibility index (Phi) is 3.04. The van der Waals surface area contributed by atoms with E-state index in [0.29, 0.717) is 0 Å². The summed E-state index contributed by atoms with van der Waals surface area (Å²) in [6, 6.07) is 0. The zero-order valence-corrected chi connectivity index (χ0v) is 11.9. The zero-order valence-electron chi connectivity index (χ0n) is 11.9. The molecule has 0 aromatic heterocycles. The van der Waals surface area contributed by atoms with Crippen molar-refractivity contribution in [3.8, 4) is 0 Å². The van der Waals surface area contributed by atoms with Gasteiger partial charge in [0.15, 0.2) is 0 Å². The smallest absolute Gasteiger partial charge is 0.0209 e. The van der Waals surface area contributed by atoms with Gasteiger partial charge < -0.3 is 0 Å². The lowest BCUT2D eigenvalue weighted by molar-refractivity contribution is -0.0683. The van der Waals surface area contributed by atoms with Gasteiger partial charge in [-0.2, -0.15) is 0 Å². The van der Waals surface area contributed by atoms with Crippen LogP contribution in [-0.2, 0) is 0 Å². The van der Waals surface area contributed by atoms with Gasteiger partial charge in [-0.25, -0.2) is 0 Å². The predicted molar refractivity (Wildman–Crippen MR) is 74.0 cm³/mol. The molecule has 3 aliphatic carbocycles. The largest absolute Gasteiger partial charge is 0.0654 e. The number of rotatable bonds is 4. The molecule has 0 nitrogen and oxygen atoms in total. The highest BCUT2D eigenvalue weighted by Crippen LogP contribution is 2.77. The maximum absolute atomic E-state index is 2.38. The van der Waals surface area contributed by atoms with Crippen molar-refractivity contribution in [2.24, 2.45) is 22.7 Å². The van der Waals surface area contributed by atoms with Crippen LogP contribution in [0.25, 0.3) is 0 Å². The summed E-state index contributed by atoms with van der Waals surface area (Å²) >= 11 is 0. The summed E-state index contributed by atoms with van der Waals surface area (Å²) in [5.74, 6) is 2.24. The van der Waals surface area contributed by atoms with Gasteiger partial charge in [0.05, 0.1) is 0 Å². The molecule has 0 bridgehead atoms. The summed E-state index contributed by atoms with van der Waals surface area (Å²) in [6.07, 6.45) is 17.0. The van der Waals surface area contributed by atoms with Gasteiger partial charge in [0.25, 0.3) is 0 Å². The topological polar surface area (TPSA) is 0 Å². The van der Waals surface area contributed by atoms with Crippen LogP contribution in [0.1, 0.15) is 84.5 Å². The minimum Gasteiger partial charge on any atom is -0.0654 e. The molecule has 17 heavy (non-hydrogen) atoms. The zero-order chi connectivity index (χ0) is 11.9. The van der Waals surface area contributed by atoms with Gasteiger partial charge in [-0.1, -0.05) is 52.4 Å². The Bertz CT molecular complexity index is 274. The van der Waals surface area contributed by atoms with E-state index < -0.39 is 0 Å². The van der Waals surface area contributed by atoms with E-state index in [-0.39, 0.29) is 0 Å². The van der Waals surface area contributed by atoms with Crippen LogP contribution in [-0.4, -0.2) is 0 Å². The third-order valence-corrected chi connectivity index (χ3v) is 6.51. The molecule has 0 N–H and O–H groups in total. The second kappa shape index (κ2) is 4.28. The highest BCUT2D eigenvalue weighted by atomic mass is 14.7. The molecule has 0 saturated heterocycles. The summed E-state index contributed by atoms with van der Waals surface area (Å²) in [6.45, 7) is 4.74. The van der Waals surface area contributed by atoms with Crippen molar-refractivity contribution in [1.29, 1.82) is 0 Å². The molecule has 0 radical (unpaired) electrons. The van der Waals surface area contributed by atoms with Crippen LogP contribution < -0.4 is 0 Å². The van der Waals surface area contributed by atoms with E-state index in [0.717, 1.165) is 22.7 Å². The molecule has 1 unspecified atom stereocenters. The lowest BCUT2D eigenvalue weighted by atomic mass is 9.48. The Morgan fingerprint density at radius 3 is 2.29 bits per heavy atom. The molecular weight excluding hydrogens is 204 g/mol. The third-order valence-electron chi connectivity index (χ3n) is 6.51. The second-order valence-corrected chi connectivity index (χ2v) is 7.40. The fraction of sp³-hybridized carbons (Fsp3) is 1.00. The van der Waals surface area contributed by atoms with Gasteiger partial charge in [0.1, 0.15) is 0 Å². The highest BCUT2D eigenvalue weighted by Gasteiger charge is 2.68. The Hall–Kier alpha value is 0. The average Bonchev–Trinajstić information content (AvgIpc) is 2.95. The summed E-state index contributed by atoms with van der Waals surface area (Å²) in [5.41, 5.74) is 1.72. The molecule has 3 saturated carbocycles. The van der Waals surface area contributed by atoms with Crippen LogP contribution in [0, 0.1) is 22.7 Å². The SMILES string of the molecule is CCCC1CC2(CCCC[C@@]23CC3CCC)C1. The van der Waals surface area contributed by atoms with Crippen LogP contribution in [0.4, 0.5) is 0 Å². The molecular formula is C17H30. The van der Waals surface area contributed by atoms with Gasteiger partial charge in [-0.15, -0.1) is 0 Å². The normalized spacial score (nSPS) is 48.4. The van der Waals surface area contributed by atoms with Gasteiger partial charge in [0.2, 0.25) is 0 Å². The molecule has 0 amide bonds. The number of hydrogen-bond donors (Lipinski definition) is 0. The average molecular weight is 234 g/mol. The second-order valence-electron chi connectivity index (χ2n) is 7.40. The van der Waals surface area contributed by atoms with Gasteiger partial charge in [0, 0.05) is 0 Å². The fourth-order valence-corrected chi connectivity index (χ4v) is 5.75. The molecule has 0 heterocycles. The molecule has 2 spiro atoms. The first-order valence-electron chi connectivity index (χ1n) is 8.26. The van der Waals surface area contributed by atoms with Crippen LogP contribution in [0.15, 0.2) is 0 Å². The third kappa shape index (κ3) is 1.70. The minimum atomic E-state index is 0.852. The van der Waals surface area contributed by atoms with Crippen molar-refractivity contribution in [2.75, 3.05) is 0 Å². The Morgan fingerprint density at radius 1 is 0.882 bits per heavy atom. The van der Waals surface area contributed by atoms with Crippen LogP contribution >= 0.6 is 0 Å². The van der Waals surface area contributed by atoms with Crippen molar-refractivity contribution in [2.45, 2.75) is 84.5 Å². The standard InChI is InChI=1S/C17H30/c1-3-7-14-11-16(12-14)9-5-6-10-17(16)13-15(17)8-4-2/h14-15H,3-13H2,1-2H3/t14?,15?,16?,17-/m0/s1. The van der Waals surface area contributed by atoms with E-state index in [9.17, 15) is 0 Å². The quantitative estimate of drug-likeness (QED) is 0.597. The lowest BCUT2D eigenvalue weighted by Crippen LogP contribution is -2.47. The van der Waals surface area contributed by atoms with E-state index in [2.05, 4.69) is 13.8 Å². The molecule has 0 aromatic rings. The molecule has 2 atom stereocenters. The molecule has 3 rings (SSSR count). The Morgan fingerprint density at radius 2 is 1.59 bits per heavy atom. The Balaban J connectivity index is 1.67. The van der Waals surface area contributed by atoms with Crippen molar-refractivity contribution >= 4 is 0 Å². The summed E-state index contributed by atoms with van der Waals surface area (Å²) in [7, 11) is 0. The molecule has 0 aromatic carbocycles. The highest BCUT2D eigenvalue weighted by molar-refractivity contribution is 5.18. The monoisotopic (exact) mass is 234 g/mol. The summed E-state index contributed by atoms with van der Waals surface area (Å²) in [5, 5.41) is 0. The summed E-state index contributed by atoms with van der Waals surface area (Å²) < 4.78 is 0. The lowest BCUT2D eigenvalue weighted by Gasteiger charge is -2.57. The summed E-state index contributed by atoms with van der Waals surface area (Å²) in [4.78, 5) is 0. The molecule has 0 aliphatic heterocycles. The first kappa shape index (κ1) is 12.1. The van der Waals surface area contributed by atoms with E-state index in [1.54, 1.807) is 44.9 Å². The maximum Gasteiger partial charge on any atom is -0.0209 e. The minimum absolute atomic E-state index is 0.852. The van der Waals surface area contributed by atoms with Crippen LogP contribution in [0.2, 0.25) is 0 Å². The molecule has 98 valence electrons. The van der Waals surface area contributed by atoms with Crippen molar-refractivity contribution in [3.63, 3.8) is 0 Å². The van der Waals surface area contributed by atoms with Crippen molar-refractivity contribution in [3.05, 3.63) is 0 Å². The molecule has 3 fully saturated rings. The molecule has 3 aliphatic rings. The fourth-order valence-electron chi connectivity index (χ4n) is 5.75. The Labute approximate surface area is 108 Å². The van der Waals surface area contributed by atoms with Crippen molar-refractivity contribution in [1.82, 2.24) is 0 Å². The van der Waals surface area contributed by atoms with E-state index in [1.807, 2.05) is 0 Å². The number of hydrogen-bond acceptors (Lipinski definition) is 0. The van der Waals surface area contributed by atoms with E-state index >= 15 is 0 Å². The van der Waals surface area contributed by atoms with E-state index in [4.69, 9.17) is 0 Å². The maximum atomic E-state index is 2.38. The van der Waals surface area contributed by atoms with Crippen LogP contribution in [0.5, 0.6) is 0 Å². The van der Waals surface area contributed by atoms with E-state index in [1.165, 1.54) is 25.7 Å². The van der Waals surface area contributed by atoms with Gasteiger partial charge in [-0.05, 0) is 54.8 Å². The predicted octanol–water partition coefficient (Wildman–Crippen LogP) is 5.56. The van der Waals surface area contributed by atoms with Crippen LogP contribution in [0.3, 0.4) is 0 Å². The molecule has 0 heteroatoms. The first-order chi connectivity index (χ1) is 8.26. The first-order valence-corrected chi connectivity index (χ1v) is 8.26. The van der Waals surface area contributed by atoms with Crippen molar-refractivity contribution < 1.29 is 0 Å².